The van der Waals surface area contributed by atoms with E-state index >= 15 is 0 Å². The summed E-state index contributed by atoms with van der Waals surface area (Å²) in [6.45, 7) is 0. The van der Waals surface area contributed by atoms with Gasteiger partial charge in [-0.3, -0.25) is 9.19 Å². The zero-order chi connectivity index (χ0) is 15.6. The van der Waals surface area contributed by atoms with Gasteiger partial charge in [0.1, 0.15) is 5.60 Å². The Bertz CT molecular complexity index is 814. The van der Waals surface area contributed by atoms with Crippen LogP contribution in [-0.2, 0) is 16.4 Å². The largest absolute Gasteiger partial charge is 0.378 e. The Morgan fingerprint density at radius 3 is 2.45 bits per heavy atom. The monoisotopic (exact) mass is 311 g/mol. The maximum atomic E-state index is 11.9. The first-order chi connectivity index (χ1) is 10.6. The Kier molecular flexibility index (Phi) is 4.05. The maximum Gasteiger partial charge on any atom is 0.143 e. The molecule has 0 radical (unpaired) electrons. The van der Waals surface area contributed by atoms with Gasteiger partial charge in [0.15, 0.2) is 0 Å². The quantitative estimate of drug-likeness (QED) is 0.806. The summed E-state index contributed by atoms with van der Waals surface area (Å²) in [5, 5.41) is 13.2. The summed E-state index contributed by atoms with van der Waals surface area (Å²) in [5.41, 5.74) is -0.122. The molecule has 0 aliphatic heterocycles. The number of aromatic nitrogens is 1. The highest BCUT2D eigenvalue weighted by atomic mass is 32.2. The lowest BCUT2D eigenvalue weighted by atomic mass is 9.89. The highest BCUT2D eigenvalue weighted by Gasteiger charge is 2.35. The minimum Gasteiger partial charge on any atom is -0.378 e. The minimum absolute atomic E-state index is 0.109. The van der Waals surface area contributed by atoms with Gasteiger partial charge < -0.3 is 5.11 Å². The molecule has 0 saturated carbocycles. The molecule has 0 saturated heterocycles. The number of rotatable bonds is 4. The van der Waals surface area contributed by atoms with Crippen molar-refractivity contribution in [1.82, 2.24) is 4.98 Å². The van der Waals surface area contributed by atoms with Gasteiger partial charge in [0.05, 0.1) is 11.4 Å². The molecule has 3 aromatic rings. The summed E-state index contributed by atoms with van der Waals surface area (Å²) in [6.07, 6.45) is 3.28. The van der Waals surface area contributed by atoms with Crippen LogP contribution in [0.1, 0.15) is 11.3 Å². The minimum atomic E-state index is -1.37. The standard InChI is InChI=1S/C18H17NO2S/c1-22(21)13-18(20,15-8-3-2-4-9-15)17-16-10-6-5-7-14(16)11-12-19-17/h2-12,20H,13H2,1H3/t18-,22+/m0/s1. The molecule has 3 rings (SSSR count). The molecule has 0 bridgehead atoms. The van der Waals surface area contributed by atoms with Crippen molar-refractivity contribution in [3.05, 3.63) is 78.1 Å². The Morgan fingerprint density at radius 1 is 1.05 bits per heavy atom. The van der Waals surface area contributed by atoms with Crippen LogP contribution in [-0.4, -0.2) is 26.3 Å². The molecule has 0 unspecified atom stereocenters. The van der Waals surface area contributed by atoms with Crippen molar-refractivity contribution in [2.75, 3.05) is 12.0 Å². The zero-order valence-electron chi connectivity index (χ0n) is 12.3. The Hall–Kier alpha value is -2.04. The van der Waals surface area contributed by atoms with Crippen LogP contribution in [0.15, 0.2) is 66.9 Å². The van der Waals surface area contributed by atoms with Crippen molar-refractivity contribution in [3.63, 3.8) is 0 Å². The second-order valence-corrected chi connectivity index (χ2v) is 6.76. The van der Waals surface area contributed by atoms with Gasteiger partial charge in [0.25, 0.3) is 0 Å². The fourth-order valence-electron chi connectivity index (χ4n) is 2.75. The van der Waals surface area contributed by atoms with Crippen LogP contribution in [0.2, 0.25) is 0 Å². The van der Waals surface area contributed by atoms with Gasteiger partial charge in [-0.15, -0.1) is 0 Å². The smallest absolute Gasteiger partial charge is 0.143 e. The highest BCUT2D eigenvalue weighted by Crippen LogP contribution is 2.33. The van der Waals surface area contributed by atoms with Crippen LogP contribution in [0.5, 0.6) is 0 Å². The predicted molar refractivity (Wildman–Crippen MR) is 90.1 cm³/mol. The molecule has 0 aliphatic carbocycles. The summed E-state index contributed by atoms with van der Waals surface area (Å²) >= 11 is 0. The first kappa shape index (κ1) is 14.9. The predicted octanol–water partition coefficient (Wildman–Crippen LogP) is 2.85. The van der Waals surface area contributed by atoms with E-state index in [2.05, 4.69) is 4.98 Å². The van der Waals surface area contributed by atoms with E-state index in [-0.39, 0.29) is 5.75 Å². The third-order valence-electron chi connectivity index (χ3n) is 3.73. The fraction of sp³-hybridized carbons (Fsp3) is 0.167. The molecule has 0 spiro atoms. The Balaban J connectivity index is 2.27. The van der Waals surface area contributed by atoms with E-state index < -0.39 is 16.4 Å². The van der Waals surface area contributed by atoms with Crippen LogP contribution in [0.25, 0.3) is 10.8 Å². The van der Waals surface area contributed by atoms with Crippen LogP contribution < -0.4 is 0 Å². The number of hydrogen-bond acceptors (Lipinski definition) is 3. The van der Waals surface area contributed by atoms with E-state index in [9.17, 15) is 9.32 Å². The van der Waals surface area contributed by atoms with Gasteiger partial charge in [-0.1, -0.05) is 54.6 Å². The van der Waals surface area contributed by atoms with Crippen molar-refractivity contribution < 1.29 is 9.32 Å². The number of aliphatic hydroxyl groups is 1. The van der Waals surface area contributed by atoms with Gasteiger partial charge in [-0.2, -0.15) is 0 Å². The summed E-state index contributed by atoms with van der Waals surface area (Å²) in [5.74, 6) is 0.109. The Labute approximate surface area is 132 Å². The molecule has 22 heavy (non-hydrogen) atoms. The third kappa shape index (κ3) is 2.67. The fourth-order valence-corrected chi connectivity index (χ4v) is 3.64. The molecule has 112 valence electrons. The average molecular weight is 311 g/mol. The number of benzene rings is 2. The third-order valence-corrected chi connectivity index (χ3v) is 4.55. The van der Waals surface area contributed by atoms with Crippen molar-refractivity contribution in [2.45, 2.75) is 5.60 Å². The molecule has 1 aromatic heterocycles. The lowest BCUT2D eigenvalue weighted by molar-refractivity contribution is 0.104. The second kappa shape index (κ2) is 5.99. The van der Waals surface area contributed by atoms with Crippen molar-refractivity contribution in [1.29, 1.82) is 0 Å². The van der Waals surface area contributed by atoms with Gasteiger partial charge >= 0.3 is 0 Å². The average Bonchev–Trinajstić information content (AvgIpc) is 2.54. The lowest BCUT2D eigenvalue weighted by Crippen LogP contribution is -2.34. The van der Waals surface area contributed by atoms with Gasteiger partial charge in [0, 0.05) is 28.6 Å². The van der Waals surface area contributed by atoms with E-state index in [1.54, 1.807) is 12.5 Å². The zero-order valence-corrected chi connectivity index (χ0v) is 13.1. The van der Waals surface area contributed by atoms with Crippen LogP contribution in [0.4, 0.5) is 0 Å². The van der Waals surface area contributed by atoms with E-state index in [0.717, 1.165) is 10.8 Å². The highest BCUT2D eigenvalue weighted by molar-refractivity contribution is 7.84. The van der Waals surface area contributed by atoms with Crippen molar-refractivity contribution >= 4 is 21.6 Å². The van der Waals surface area contributed by atoms with Crippen LogP contribution in [0, 0.1) is 0 Å². The molecule has 2 aromatic carbocycles. The van der Waals surface area contributed by atoms with E-state index in [1.165, 1.54) is 0 Å². The van der Waals surface area contributed by atoms with Crippen molar-refractivity contribution in [2.24, 2.45) is 0 Å². The molecule has 4 heteroatoms. The van der Waals surface area contributed by atoms with Gasteiger partial charge in [0.2, 0.25) is 0 Å². The van der Waals surface area contributed by atoms with E-state index in [4.69, 9.17) is 0 Å². The molecule has 0 amide bonds. The molecule has 0 aliphatic rings. The molecular weight excluding hydrogens is 294 g/mol. The summed E-state index contributed by atoms with van der Waals surface area (Å²) in [6, 6.07) is 19.0. The lowest BCUT2D eigenvalue weighted by Gasteiger charge is -2.28. The SMILES string of the molecule is C[S@@](=O)C[C@](O)(c1ccccc1)c1nccc2ccccc12. The van der Waals surface area contributed by atoms with Crippen molar-refractivity contribution in [3.8, 4) is 0 Å². The van der Waals surface area contributed by atoms with Gasteiger partial charge in [-0.25, -0.2) is 0 Å². The molecule has 3 nitrogen and oxygen atoms in total. The second-order valence-electron chi connectivity index (χ2n) is 5.32. The topological polar surface area (TPSA) is 50.2 Å². The molecular formula is C18H17NO2S. The Morgan fingerprint density at radius 2 is 1.73 bits per heavy atom. The summed E-state index contributed by atoms with van der Waals surface area (Å²) in [4.78, 5) is 4.42. The number of nitrogens with zero attached hydrogens (tertiary/aromatic N) is 1. The molecule has 1 N–H and O–H groups in total. The number of fused-ring (bicyclic) bond motifs is 1. The molecule has 1 heterocycles. The summed E-state index contributed by atoms with van der Waals surface area (Å²) in [7, 11) is -1.17. The first-order valence-corrected chi connectivity index (χ1v) is 8.76. The first-order valence-electron chi connectivity index (χ1n) is 7.03. The normalized spacial score (nSPS) is 15.4. The number of pyridine rings is 1. The summed E-state index contributed by atoms with van der Waals surface area (Å²) < 4.78 is 11.9. The van der Waals surface area contributed by atoms with E-state index in [1.807, 2.05) is 60.7 Å². The van der Waals surface area contributed by atoms with E-state index in [0.29, 0.717) is 11.3 Å². The molecule has 2 atom stereocenters. The maximum absolute atomic E-state index is 11.9. The molecule has 0 fully saturated rings. The van der Waals surface area contributed by atoms with Crippen LogP contribution >= 0.6 is 0 Å². The van der Waals surface area contributed by atoms with Crippen LogP contribution in [0.3, 0.4) is 0 Å². The van der Waals surface area contributed by atoms with Gasteiger partial charge in [-0.05, 0) is 17.0 Å². The number of hydrogen-bond donors (Lipinski definition) is 1.